The lowest BCUT2D eigenvalue weighted by atomic mass is 10.1. The summed E-state index contributed by atoms with van der Waals surface area (Å²) >= 11 is 7.64. The number of aldehydes is 1. The third-order valence-electron chi connectivity index (χ3n) is 2.28. The van der Waals surface area contributed by atoms with Crippen LogP contribution in [-0.4, -0.2) is 6.29 Å². The van der Waals surface area contributed by atoms with E-state index in [2.05, 4.69) is 6.92 Å². The van der Waals surface area contributed by atoms with Gasteiger partial charge in [-0.15, -0.1) is 11.3 Å². The molecular formula is C11H9ClOS. The van der Waals surface area contributed by atoms with E-state index in [1.54, 1.807) is 0 Å². The van der Waals surface area contributed by atoms with Gasteiger partial charge in [0, 0.05) is 15.6 Å². The van der Waals surface area contributed by atoms with Crippen molar-refractivity contribution in [2.75, 3.05) is 0 Å². The number of rotatable bonds is 2. The second-order valence-corrected chi connectivity index (χ2v) is 4.70. The van der Waals surface area contributed by atoms with Gasteiger partial charge in [-0.3, -0.25) is 4.79 Å². The Labute approximate surface area is 91.3 Å². The second kappa shape index (κ2) is 3.71. The van der Waals surface area contributed by atoms with Crippen molar-refractivity contribution >= 4 is 39.3 Å². The molecule has 0 spiro atoms. The summed E-state index contributed by atoms with van der Waals surface area (Å²) in [5, 5.41) is 1.03. The Hall–Kier alpha value is -0.860. The van der Waals surface area contributed by atoms with Gasteiger partial charge in [0.15, 0.2) is 6.29 Å². The highest BCUT2D eigenvalue weighted by atomic mass is 35.5. The highest BCUT2D eigenvalue weighted by Crippen LogP contribution is 2.36. The third-order valence-corrected chi connectivity index (χ3v) is 3.72. The number of hydrogen-bond acceptors (Lipinski definition) is 2. The molecule has 1 nitrogen and oxygen atoms in total. The van der Waals surface area contributed by atoms with Gasteiger partial charge in [0.05, 0.1) is 4.34 Å². The second-order valence-electron chi connectivity index (χ2n) is 3.05. The van der Waals surface area contributed by atoms with Crippen molar-refractivity contribution in [3.63, 3.8) is 0 Å². The van der Waals surface area contributed by atoms with Crippen molar-refractivity contribution < 1.29 is 4.79 Å². The molecule has 0 saturated heterocycles. The maximum atomic E-state index is 10.9. The quantitative estimate of drug-likeness (QED) is 0.707. The molecule has 0 amide bonds. The zero-order valence-corrected chi connectivity index (χ0v) is 9.28. The molecule has 0 aliphatic rings. The van der Waals surface area contributed by atoms with Gasteiger partial charge in [0.1, 0.15) is 0 Å². The predicted molar refractivity (Wildman–Crippen MR) is 61.6 cm³/mol. The molecular weight excluding hydrogens is 216 g/mol. The smallest absolute Gasteiger partial charge is 0.150 e. The molecule has 0 N–H and O–H groups in total. The van der Waals surface area contributed by atoms with E-state index in [-0.39, 0.29) is 0 Å². The van der Waals surface area contributed by atoms with Gasteiger partial charge in [0.25, 0.3) is 0 Å². The average Bonchev–Trinajstić information content (AvgIpc) is 2.52. The summed E-state index contributed by atoms with van der Waals surface area (Å²) in [7, 11) is 0. The molecule has 3 heteroatoms. The molecule has 0 unspecified atom stereocenters. The molecule has 0 bridgehead atoms. The van der Waals surface area contributed by atoms with Crippen LogP contribution in [0.2, 0.25) is 4.34 Å². The minimum absolute atomic E-state index is 0.738. The Kier molecular flexibility index (Phi) is 2.57. The number of fused-ring (bicyclic) bond motifs is 1. The summed E-state index contributed by atoms with van der Waals surface area (Å²) in [4.78, 5) is 10.9. The van der Waals surface area contributed by atoms with Gasteiger partial charge in [-0.2, -0.15) is 0 Å². The summed E-state index contributed by atoms with van der Waals surface area (Å²) in [6.07, 6.45) is 1.76. The lowest BCUT2D eigenvalue weighted by Gasteiger charge is -1.97. The van der Waals surface area contributed by atoms with Gasteiger partial charge < -0.3 is 0 Å². The Morgan fingerprint density at radius 2 is 2.29 bits per heavy atom. The standard InChI is InChI=1S/C11H9ClOS/c1-2-8-10-7(6-13)4-3-5-9(10)14-11(8)12/h3-6H,2H2,1H3. The van der Waals surface area contributed by atoms with Gasteiger partial charge in [-0.05, 0) is 18.1 Å². The summed E-state index contributed by atoms with van der Waals surface area (Å²) in [5.74, 6) is 0. The lowest BCUT2D eigenvalue weighted by molar-refractivity contribution is 0.112. The molecule has 14 heavy (non-hydrogen) atoms. The van der Waals surface area contributed by atoms with Crippen LogP contribution in [0.1, 0.15) is 22.8 Å². The SMILES string of the molecule is CCc1c(Cl)sc2cccc(C=O)c12. The van der Waals surface area contributed by atoms with E-state index in [0.29, 0.717) is 0 Å². The number of carbonyl (C=O) groups excluding carboxylic acids is 1. The fourth-order valence-electron chi connectivity index (χ4n) is 1.63. The summed E-state index contributed by atoms with van der Waals surface area (Å²) < 4.78 is 1.90. The number of aryl methyl sites for hydroxylation is 1. The van der Waals surface area contributed by atoms with E-state index >= 15 is 0 Å². The van der Waals surface area contributed by atoms with Gasteiger partial charge in [-0.1, -0.05) is 30.7 Å². The first-order chi connectivity index (χ1) is 6.77. The zero-order chi connectivity index (χ0) is 10.1. The van der Waals surface area contributed by atoms with Crippen LogP contribution in [-0.2, 0) is 6.42 Å². The number of benzene rings is 1. The monoisotopic (exact) mass is 224 g/mol. The van der Waals surface area contributed by atoms with Gasteiger partial charge >= 0.3 is 0 Å². The van der Waals surface area contributed by atoms with Crippen LogP contribution < -0.4 is 0 Å². The maximum Gasteiger partial charge on any atom is 0.150 e. The molecule has 72 valence electrons. The molecule has 0 fully saturated rings. The lowest BCUT2D eigenvalue weighted by Crippen LogP contribution is -1.84. The molecule has 0 atom stereocenters. The zero-order valence-electron chi connectivity index (χ0n) is 7.71. The first-order valence-electron chi connectivity index (χ1n) is 4.43. The predicted octanol–water partition coefficient (Wildman–Crippen LogP) is 3.93. The highest BCUT2D eigenvalue weighted by Gasteiger charge is 2.11. The highest BCUT2D eigenvalue weighted by molar-refractivity contribution is 7.23. The van der Waals surface area contributed by atoms with Crippen molar-refractivity contribution in [2.45, 2.75) is 13.3 Å². The normalized spacial score (nSPS) is 10.7. The van der Waals surface area contributed by atoms with Crippen molar-refractivity contribution in [3.05, 3.63) is 33.7 Å². The Morgan fingerprint density at radius 3 is 2.93 bits per heavy atom. The van der Waals surface area contributed by atoms with Crippen molar-refractivity contribution in [3.8, 4) is 0 Å². The molecule has 1 heterocycles. The van der Waals surface area contributed by atoms with Gasteiger partial charge in [-0.25, -0.2) is 0 Å². The Bertz CT molecular complexity index is 487. The third kappa shape index (κ3) is 1.35. The maximum absolute atomic E-state index is 10.9. The average molecular weight is 225 g/mol. The molecule has 0 aliphatic carbocycles. The number of hydrogen-bond donors (Lipinski definition) is 0. The molecule has 2 aromatic rings. The minimum Gasteiger partial charge on any atom is -0.298 e. The van der Waals surface area contributed by atoms with E-state index in [1.165, 1.54) is 11.3 Å². The van der Waals surface area contributed by atoms with Crippen LogP contribution in [0.4, 0.5) is 0 Å². The van der Waals surface area contributed by atoms with Crippen LogP contribution in [0.3, 0.4) is 0 Å². The summed E-state index contributed by atoms with van der Waals surface area (Å²) in [6.45, 7) is 2.05. The van der Waals surface area contributed by atoms with Crippen LogP contribution in [0.25, 0.3) is 10.1 Å². The van der Waals surface area contributed by atoms with Crippen LogP contribution in [0, 0.1) is 0 Å². The fraction of sp³-hybridized carbons (Fsp3) is 0.182. The first-order valence-corrected chi connectivity index (χ1v) is 5.62. The molecule has 0 radical (unpaired) electrons. The van der Waals surface area contributed by atoms with Crippen LogP contribution in [0.5, 0.6) is 0 Å². The van der Waals surface area contributed by atoms with Crippen molar-refractivity contribution in [1.82, 2.24) is 0 Å². The minimum atomic E-state index is 0.738. The molecule has 1 aromatic heterocycles. The number of thiophene rings is 1. The summed E-state index contributed by atoms with van der Waals surface area (Å²) in [6, 6.07) is 5.72. The van der Waals surface area contributed by atoms with Gasteiger partial charge in [0.2, 0.25) is 0 Å². The van der Waals surface area contributed by atoms with Crippen molar-refractivity contribution in [1.29, 1.82) is 0 Å². The largest absolute Gasteiger partial charge is 0.298 e. The molecule has 0 aliphatic heterocycles. The number of halogens is 1. The number of carbonyl (C=O) groups is 1. The Morgan fingerprint density at radius 1 is 1.50 bits per heavy atom. The molecule has 2 rings (SSSR count). The van der Waals surface area contributed by atoms with E-state index in [9.17, 15) is 4.79 Å². The Balaban J connectivity index is 2.89. The first kappa shape index (κ1) is 9.69. The summed E-state index contributed by atoms with van der Waals surface area (Å²) in [5.41, 5.74) is 1.83. The van der Waals surface area contributed by atoms with E-state index in [1.807, 2.05) is 18.2 Å². The van der Waals surface area contributed by atoms with E-state index in [0.717, 1.165) is 38.3 Å². The fourth-order valence-corrected chi connectivity index (χ4v) is 3.16. The van der Waals surface area contributed by atoms with E-state index < -0.39 is 0 Å². The van der Waals surface area contributed by atoms with E-state index in [4.69, 9.17) is 11.6 Å². The van der Waals surface area contributed by atoms with Crippen LogP contribution in [0.15, 0.2) is 18.2 Å². The van der Waals surface area contributed by atoms with Crippen molar-refractivity contribution in [2.24, 2.45) is 0 Å². The topological polar surface area (TPSA) is 17.1 Å². The molecule has 1 aromatic carbocycles. The molecule has 0 saturated carbocycles. The van der Waals surface area contributed by atoms with Crippen LogP contribution >= 0.6 is 22.9 Å².